The summed E-state index contributed by atoms with van der Waals surface area (Å²) in [6.45, 7) is 0.662. The van der Waals surface area contributed by atoms with Gasteiger partial charge in [0.1, 0.15) is 0 Å². The lowest BCUT2D eigenvalue weighted by molar-refractivity contribution is -0.120. The van der Waals surface area contributed by atoms with Crippen molar-refractivity contribution >= 4 is 27.5 Å². The number of carbonyl (C=O) groups excluding carboxylic acids is 1. The number of amides is 1. The molecule has 1 aliphatic rings. The largest absolute Gasteiger partial charge is 0.356 e. The summed E-state index contributed by atoms with van der Waals surface area (Å²) in [7, 11) is -3.64. The molecule has 0 fully saturated rings. The van der Waals surface area contributed by atoms with Crippen molar-refractivity contribution in [1.29, 1.82) is 0 Å². The first-order valence-corrected chi connectivity index (χ1v) is 10.0. The van der Waals surface area contributed by atoms with E-state index in [4.69, 9.17) is 11.6 Å². The molecule has 0 atom stereocenters. The first kappa shape index (κ1) is 19.0. The predicted octanol–water partition coefficient (Wildman–Crippen LogP) is 3.02. The third-order valence-corrected chi connectivity index (χ3v) is 5.60. The van der Waals surface area contributed by atoms with Crippen LogP contribution >= 0.6 is 11.6 Å². The highest BCUT2D eigenvalue weighted by molar-refractivity contribution is 7.89. The maximum absolute atomic E-state index is 12.1. The number of allylic oxidation sites excluding steroid dienone is 1. The zero-order valence-electron chi connectivity index (χ0n) is 13.6. The van der Waals surface area contributed by atoms with Gasteiger partial charge in [-0.25, -0.2) is 13.1 Å². The van der Waals surface area contributed by atoms with E-state index in [-0.39, 0.29) is 23.8 Å². The van der Waals surface area contributed by atoms with Crippen LogP contribution in [0, 0.1) is 0 Å². The third kappa shape index (κ3) is 6.26. The lowest BCUT2D eigenvalue weighted by atomic mass is 9.97. The van der Waals surface area contributed by atoms with Gasteiger partial charge in [0.05, 0.1) is 4.90 Å². The van der Waals surface area contributed by atoms with Gasteiger partial charge in [0, 0.05) is 24.5 Å². The van der Waals surface area contributed by atoms with Crippen molar-refractivity contribution in [2.24, 2.45) is 0 Å². The van der Waals surface area contributed by atoms with E-state index >= 15 is 0 Å². The van der Waals surface area contributed by atoms with E-state index in [1.165, 1.54) is 30.5 Å². The van der Waals surface area contributed by atoms with Crippen LogP contribution in [0.5, 0.6) is 0 Å². The first-order chi connectivity index (χ1) is 11.5. The Balaban J connectivity index is 1.69. The van der Waals surface area contributed by atoms with Crippen LogP contribution in [-0.4, -0.2) is 27.4 Å². The summed E-state index contributed by atoms with van der Waals surface area (Å²) >= 11 is 5.80. The van der Waals surface area contributed by atoms with E-state index in [0.717, 1.165) is 19.3 Å². The van der Waals surface area contributed by atoms with Crippen molar-refractivity contribution in [2.45, 2.75) is 43.4 Å². The standard InChI is InChI=1S/C17H23ClN2O3S/c18-15-7-4-8-16(13-15)24(22,23)20-12-10-17(21)19-11-9-14-5-2-1-3-6-14/h4-5,7-8,13,20H,1-3,6,9-12H2,(H,19,21). The van der Waals surface area contributed by atoms with Gasteiger partial charge in [-0.3, -0.25) is 4.79 Å². The summed E-state index contributed by atoms with van der Waals surface area (Å²) in [5.41, 5.74) is 1.41. The zero-order valence-corrected chi connectivity index (χ0v) is 15.1. The van der Waals surface area contributed by atoms with Gasteiger partial charge in [0.15, 0.2) is 0 Å². The molecule has 1 aromatic carbocycles. The lowest BCUT2D eigenvalue weighted by Crippen LogP contribution is -2.31. The Labute approximate surface area is 148 Å². The molecule has 24 heavy (non-hydrogen) atoms. The minimum atomic E-state index is -3.64. The van der Waals surface area contributed by atoms with Gasteiger partial charge >= 0.3 is 0 Å². The van der Waals surface area contributed by atoms with E-state index in [1.807, 2.05) is 0 Å². The van der Waals surface area contributed by atoms with E-state index in [1.54, 1.807) is 12.1 Å². The Morgan fingerprint density at radius 3 is 2.75 bits per heavy atom. The van der Waals surface area contributed by atoms with Crippen LogP contribution in [0.25, 0.3) is 0 Å². The smallest absolute Gasteiger partial charge is 0.240 e. The van der Waals surface area contributed by atoms with Gasteiger partial charge in [-0.15, -0.1) is 0 Å². The minimum Gasteiger partial charge on any atom is -0.356 e. The minimum absolute atomic E-state index is 0.0589. The number of benzene rings is 1. The Morgan fingerprint density at radius 2 is 2.04 bits per heavy atom. The fraction of sp³-hybridized carbons (Fsp3) is 0.471. The van der Waals surface area contributed by atoms with Crippen molar-refractivity contribution in [3.8, 4) is 0 Å². The molecule has 0 heterocycles. The van der Waals surface area contributed by atoms with Gasteiger partial charge < -0.3 is 5.32 Å². The van der Waals surface area contributed by atoms with E-state index in [9.17, 15) is 13.2 Å². The van der Waals surface area contributed by atoms with Gasteiger partial charge in [-0.05, 0) is 50.3 Å². The second kappa shape index (κ2) is 9.20. The molecule has 5 nitrogen and oxygen atoms in total. The molecule has 0 bridgehead atoms. The average molecular weight is 371 g/mol. The van der Waals surface area contributed by atoms with Crippen LogP contribution in [0.2, 0.25) is 5.02 Å². The normalized spacial score (nSPS) is 15.0. The van der Waals surface area contributed by atoms with Crippen LogP contribution in [0.1, 0.15) is 38.5 Å². The molecule has 0 saturated heterocycles. The SMILES string of the molecule is O=C(CCNS(=O)(=O)c1cccc(Cl)c1)NCCC1=CCCCC1. The van der Waals surface area contributed by atoms with Crippen LogP contribution < -0.4 is 10.0 Å². The molecule has 1 aromatic rings. The van der Waals surface area contributed by atoms with E-state index in [0.29, 0.717) is 11.6 Å². The lowest BCUT2D eigenvalue weighted by Gasteiger charge is -2.13. The summed E-state index contributed by atoms with van der Waals surface area (Å²) < 4.78 is 26.6. The molecule has 1 amide bonds. The Morgan fingerprint density at radius 1 is 1.21 bits per heavy atom. The van der Waals surface area contributed by atoms with E-state index < -0.39 is 10.0 Å². The van der Waals surface area contributed by atoms with Crippen LogP contribution in [0.15, 0.2) is 40.8 Å². The molecule has 0 aliphatic heterocycles. The maximum Gasteiger partial charge on any atom is 0.240 e. The Bertz CT molecular complexity index is 702. The number of sulfonamides is 1. The highest BCUT2D eigenvalue weighted by atomic mass is 35.5. The van der Waals surface area contributed by atoms with E-state index in [2.05, 4.69) is 16.1 Å². The molecule has 0 unspecified atom stereocenters. The number of carbonyl (C=O) groups is 1. The van der Waals surface area contributed by atoms with Crippen molar-refractivity contribution in [3.63, 3.8) is 0 Å². The molecule has 0 spiro atoms. The molecule has 2 rings (SSSR count). The van der Waals surface area contributed by atoms with Gasteiger partial charge in [-0.2, -0.15) is 0 Å². The van der Waals surface area contributed by atoms with Crippen molar-refractivity contribution in [1.82, 2.24) is 10.0 Å². The number of rotatable bonds is 8. The summed E-state index contributed by atoms with van der Waals surface area (Å²) in [6.07, 6.45) is 7.98. The monoisotopic (exact) mass is 370 g/mol. The summed E-state index contributed by atoms with van der Waals surface area (Å²) in [4.78, 5) is 11.9. The molecular weight excluding hydrogens is 348 g/mol. The number of hydrogen-bond acceptors (Lipinski definition) is 3. The summed E-state index contributed by atoms with van der Waals surface area (Å²) in [6, 6.07) is 6.02. The van der Waals surface area contributed by atoms with Crippen molar-refractivity contribution in [2.75, 3.05) is 13.1 Å². The van der Waals surface area contributed by atoms with Crippen molar-refractivity contribution in [3.05, 3.63) is 40.9 Å². The molecule has 7 heteroatoms. The highest BCUT2D eigenvalue weighted by Crippen LogP contribution is 2.19. The highest BCUT2D eigenvalue weighted by Gasteiger charge is 2.14. The first-order valence-electron chi connectivity index (χ1n) is 8.17. The van der Waals surface area contributed by atoms with Gasteiger partial charge in [0.25, 0.3) is 0 Å². The predicted molar refractivity (Wildman–Crippen MR) is 95.4 cm³/mol. The van der Waals surface area contributed by atoms with Crippen LogP contribution in [0.4, 0.5) is 0 Å². The summed E-state index contributed by atoms with van der Waals surface area (Å²) in [5, 5.41) is 3.18. The van der Waals surface area contributed by atoms with Crippen molar-refractivity contribution < 1.29 is 13.2 Å². The molecule has 2 N–H and O–H groups in total. The Kier molecular flexibility index (Phi) is 7.27. The fourth-order valence-corrected chi connectivity index (χ4v) is 3.93. The molecule has 0 saturated carbocycles. The molecule has 132 valence electrons. The fourth-order valence-electron chi connectivity index (χ4n) is 2.60. The number of halogens is 1. The van der Waals surface area contributed by atoms with Crippen LogP contribution in [-0.2, 0) is 14.8 Å². The second-order valence-electron chi connectivity index (χ2n) is 5.81. The quantitative estimate of drug-likeness (QED) is 0.690. The molecule has 1 aliphatic carbocycles. The number of hydrogen-bond donors (Lipinski definition) is 2. The van der Waals surface area contributed by atoms with Gasteiger partial charge in [0.2, 0.25) is 15.9 Å². The molecular formula is C17H23ClN2O3S. The van der Waals surface area contributed by atoms with Crippen LogP contribution in [0.3, 0.4) is 0 Å². The molecule has 0 aromatic heterocycles. The topological polar surface area (TPSA) is 75.3 Å². The summed E-state index contributed by atoms with van der Waals surface area (Å²) in [5.74, 6) is -0.153. The zero-order chi connectivity index (χ0) is 17.4. The number of nitrogens with one attached hydrogen (secondary N) is 2. The molecule has 0 radical (unpaired) electrons. The van der Waals surface area contributed by atoms with Gasteiger partial charge in [-0.1, -0.05) is 29.3 Å². The third-order valence-electron chi connectivity index (χ3n) is 3.90. The average Bonchev–Trinajstić information content (AvgIpc) is 2.56. The second-order valence-corrected chi connectivity index (χ2v) is 8.02. The maximum atomic E-state index is 12.1. The Hall–Kier alpha value is -1.37.